The number of nitrogens with zero attached hydrogens (tertiary/aromatic N) is 2. The van der Waals surface area contributed by atoms with Crippen LogP contribution < -0.4 is 17.2 Å². The summed E-state index contributed by atoms with van der Waals surface area (Å²) in [5, 5.41) is 20.7. The van der Waals surface area contributed by atoms with Crippen molar-refractivity contribution in [1.29, 1.82) is 0 Å². The minimum absolute atomic E-state index is 0.0281. The van der Waals surface area contributed by atoms with E-state index in [4.69, 9.17) is 20.9 Å². The Kier molecular flexibility index (Phi) is 11.7. The fourth-order valence-electron chi connectivity index (χ4n) is 4.85. The Bertz CT molecular complexity index is 801. The number of halogens is 3. The molecule has 2 atom stereocenters. The molecule has 1 saturated heterocycles. The standard InChI is InChI=1S/C22H38N4O4.C2H4F3N/c1-14(2)17-12-18(20(28)13-19(17)27)21(23)26(22(24)29-3)16-6-4-15(5-7-16)25-8-10-30-11-9-25;3-2(4,5)1-6/h12-16,21-22,27-28H,4-11,23-24H2,1-3H3;1,6H2. The molecule has 0 amide bonds. The predicted molar refractivity (Wildman–Crippen MR) is 131 cm³/mol. The lowest BCUT2D eigenvalue weighted by Crippen LogP contribution is -2.55. The van der Waals surface area contributed by atoms with Crippen molar-refractivity contribution < 1.29 is 32.9 Å². The maximum Gasteiger partial charge on any atom is 0.400 e. The van der Waals surface area contributed by atoms with Crippen molar-refractivity contribution in [1.82, 2.24) is 9.80 Å². The summed E-state index contributed by atoms with van der Waals surface area (Å²) in [4.78, 5) is 4.49. The lowest BCUT2D eigenvalue weighted by atomic mass is 9.88. The highest BCUT2D eigenvalue weighted by Gasteiger charge is 2.36. The second-order valence-electron chi connectivity index (χ2n) is 9.57. The summed E-state index contributed by atoms with van der Waals surface area (Å²) in [5.41, 5.74) is 18.4. The minimum Gasteiger partial charge on any atom is -0.508 e. The molecule has 0 bridgehead atoms. The molecule has 1 aliphatic heterocycles. The number of rotatable bonds is 7. The smallest absolute Gasteiger partial charge is 0.400 e. The van der Waals surface area contributed by atoms with Gasteiger partial charge in [-0.3, -0.25) is 10.6 Å². The zero-order valence-corrected chi connectivity index (χ0v) is 21.4. The fourth-order valence-corrected chi connectivity index (χ4v) is 4.85. The lowest BCUT2D eigenvalue weighted by molar-refractivity contribution is -0.118. The largest absolute Gasteiger partial charge is 0.508 e. The van der Waals surface area contributed by atoms with Crippen LogP contribution in [0.3, 0.4) is 0 Å². The molecule has 12 heteroatoms. The summed E-state index contributed by atoms with van der Waals surface area (Å²) in [6.45, 7) is 6.37. The van der Waals surface area contributed by atoms with Gasteiger partial charge in [0.15, 0.2) is 6.35 Å². The van der Waals surface area contributed by atoms with Crippen LogP contribution in [-0.4, -0.2) is 84.6 Å². The molecule has 3 rings (SSSR count). The summed E-state index contributed by atoms with van der Waals surface area (Å²) in [6.07, 6.45) is -1.43. The van der Waals surface area contributed by atoms with Crippen molar-refractivity contribution in [3.05, 3.63) is 23.3 Å². The van der Waals surface area contributed by atoms with Crippen molar-refractivity contribution >= 4 is 0 Å². The van der Waals surface area contributed by atoms with Gasteiger partial charge in [-0.2, -0.15) is 13.2 Å². The Hall–Kier alpha value is -1.67. The summed E-state index contributed by atoms with van der Waals surface area (Å²) < 4.78 is 42.9. The SMILES string of the molecule is COC(N)N(C1CCC(N2CCOCC2)CC1)C(N)c1cc(C(C)C)c(O)cc1O.NCC(F)(F)F. The Labute approximate surface area is 211 Å². The molecule has 1 aromatic rings. The van der Waals surface area contributed by atoms with E-state index in [1.807, 2.05) is 18.7 Å². The topological polar surface area (TPSA) is 143 Å². The quantitative estimate of drug-likeness (QED) is 0.342. The van der Waals surface area contributed by atoms with E-state index in [0.717, 1.165) is 57.6 Å². The Morgan fingerprint density at radius 1 is 1.06 bits per heavy atom. The Morgan fingerprint density at radius 3 is 2.06 bits per heavy atom. The van der Waals surface area contributed by atoms with E-state index >= 15 is 0 Å². The van der Waals surface area contributed by atoms with E-state index in [1.165, 1.54) is 6.07 Å². The second-order valence-corrected chi connectivity index (χ2v) is 9.57. The molecule has 2 unspecified atom stereocenters. The number of ether oxygens (including phenoxy) is 2. The molecular weight excluding hydrogens is 479 g/mol. The van der Waals surface area contributed by atoms with Crippen molar-refractivity contribution in [2.24, 2.45) is 17.2 Å². The third-order valence-corrected chi connectivity index (χ3v) is 6.85. The van der Waals surface area contributed by atoms with E-state index in [9.17, 15) is 23.4 Å². The Morgan fingerprint density at radius 2 is 1.58 bits per heavy atom. The second kappa shape index (κ2) is 13.8. The van der Waals surface area contributed by atoms with Crippen LogP contribution in [0.5, 0.6) is 11.5 Å². The van der Waals surface area contributed by atoms with Crippen molar-refractivity contribution in [3.63, 3.8) is 0 Å². The van der Waals surface area contributed by atoms with Crippen LogP contribution >= 0.6 is 0 Å². The van der Waals surface area contributed by atoms with Gasteiger partial charge in [0, 0.05) is 43.9 Å². The predicted octanol–water partition coefficient (Wildman–Crippen LogP) is 2.52. The molecule has 0 radical (unpaired) electrons. The first kappa shape index (κ1) is 30.6. The number of morpholine rings is 1. The van der Waals surface area contributed by atoms with Crippen molar-refractivity contribution in [3.8, 4) is 11.5 Å². The van der Waals surface area contributed by atoms with Gasteiger partial charge in [0.2, 0.25) is 0 Å². The van der Waals surface area contributed by atoms with Crippen LogP contribution in [-0.2, 0) is 9.47 Å². The molecule has 9 nitrogen and oxygen atoms in total. The van der Waals surface area contributed by atoms with Crippen LogP contribution in [0.25, 0.3) is 0 Å². The van der Waals surface area contributed by atoms with Crippen molar-refractivity contribution in [2.45, 2.75) is 76.2 Å². The van der Waals surface area contributed by atoms with Gasteiger partial charge in [0.25, 0.3) is 0 Å². The summed E-state index contributed by atoms with van der Waals surface area (Å²) in [7, 11) is 1.57. The third kappa shape index (κ3) is 8.44. The maximum absolute atomic E-state index is 10.7. The zero-order chi connectivity index (χ0) is 27.0. The van der Waals surface area contributed by atoms with Crippen molar-refractivity contribution in [2.75, 3.05) is 40.0 Å². The first-order valence-electron chi connectivity index (χ1n) is 12.3. The summed E-state index contributed by atoms with van der Waals surface area (Å²) in [6, 6.07) is 3.88. The number of phenols is 2. The van der Waals surface area contributed by atoms with Gasteiger partial charge in [-0.25, -0.2) is 4.90 Å². The minimum atomic E-state index is -4.18. The van der Waals surface area contributed by atoms with Gasteiger partial charge in [-0.1, -0.05) is 13.8 Å². The third-order valence-electron chi connectivity index (χ3n) is 6.85. The average molecular weight is 522 g/mol. The molecular formula is C24H42F3N5O4. The van der Waals surface area contributed by atoms with E-state index < -0.39 is 25.2 Å². The maximum atomic E-state index is 10.7. The normalized spacial score (nSPS) is 23.3. The van der Waals surface area contributed by atoms with Gasteiger partial charge in [-0.05, 0) is 43.2 Å². The van der Waals surface area contributed by atoms with Gasteiger partial charge < -0.3 is 31.2 Å². The molecule has 1 aliphatic carbocycles. The summed E-state index contributed by atoms with van der Waals surface area (Å²) in [5.74, 6) is 0.150. The molecule has 2 fully saturated rings. The molecule has 2 aliphatic rings. The molecule has 1 aromatic carbocycles. The van der Waals surface area contributed by atoms with E-state index in [1.54, 1.807) is 13.2 Å². The number of methoxy groups -OCH3 is 1. The lowest BCUT2D eigenvalue weighted by Gasteiger charge is -2.45. The number of hydrogen-bond acceptors (Lipinski definition) is 9. The molecule has 1 heterocycles. The fraction of sp³-hybridized carbons (Fsp3) is 0.750. The van der Waals surface area contributed by atoms with Crippen LogP contribution in [0, 0.1) is 0 Å². The first-order chi connectivity index (χ1) is 16.9. The Balaban J connectivity index is 0.000000678. The monoisotopic (exact) mass is 521 g/mol. The molecule has 208 valence electrons. The van der Waals surface area contributed by atoms with Gasteiger partial charge >= 0.3 is 6.18 Å². The van der Waals surface area contributed by atoms with E-state index in [0.29, 0.717) is 11.6 Å². The van der Waals surface area contributed by atoms with Crippen LogP contribution in [0.1, 0.15) is 62.7 Å². The summed E-state index contributed by atoms with van der Waals surface area (Å²) >= 11 is 0. The zero-order valence-electron chi connectivity index (χ0n) is 21.4. The van der Waals surface area contributed by atoms with Gasteiger partial charge in [0.05, 0.1) is 25.9 Å². The number of hydrogen-bond donors (Lipinski definition) is 5. The molecule has 36 heavy (non-hydrogen) atoms. The highest BCUT2D eigenvalue weighted by Crippen LogP contribution is 2.38. The van der Waals surface area contributed by atoms with E-state index in [-0.39, 0.29) is 23.5 Å². The number of alkyl halides is 3. The van der Waals surface area contributed by atoms with Crippen LogP contribution in [0.4, 0.5) is 13.2 Å². The van der Waals surface area contributed by atoms with E-state index in [2.05, 4.69) is 10.6 Å². The van der Waals surface area contributed by atoms with Crippen LogP contribution in [0.2, 0.25) is 0 Å². The number of nitrogens with two attached hydrogens (primary N) is 3. The molecule has 8 N–H and O–H groups in total. The number of phenolic OH excluding ortho intramolecular Hbond substituents is 2. The molecule has 0 aromatic heterocycles. The molecule has 0 spiro atoms. The van der Waals surface area contributed by atoms with Crippen LogP contribution in [0.15, 0.2) is 12.1 Å². The highest BCUT2D eigenvalue weighted by atomic mass is 19.4. The van der Waals surface area contributed by atoms with Gasteiger partial charge in [0.1, 0.15) is 11.5 Å². The van der Waals surface area contributed by atoms with Gasteiger partial charge in [-0.15, -0.1) is 0 Å². The number of aromatic hydroxyl groups is 2. The first-order valence-corrected chi connectivity index (χ1v) is 12.3. The number of benzene rings is 1. The highest BCUT2D eigenvalue weighted by molar-refractivity contribution is 5.47. The average Bonchev–Trinajstić information content (AvgIpc) is 2.84. The molecule has 1 saturated carbocycles.